The summed E-state index contributed by atoms with van der Waals surface area (Å²) in [6, 6.07) is 12.3. The number of hydrogen-bond acceptors (Lipinski definition) is 6. The average molecular weight is 331 g/mol. The van der Waals surface area contributed by atoms with Gasteiger partial charge >= 0.3 is 0 Å². The molecule has 110 valence electrons. The zero-order valence-corrected chi connectivity index (χ0v) is 13.1. The van der Waals surface area contributed by atoms with Gasteiger partial charge in [-0.2, -0.15) is 0 Å². The zero-order chi connectivity index (χ0) is 15.5. The molecule has 1 aromatic heterocycles. The molecule has 0 fully saturated rings. The summed E-state index contributed by atoms with van der Waals surface area (Å²) in [5, 5.41) is 27.6. The SMILES string of the molecule is Cc1cc(O)ccc1N=Nc1nnc(-c2ccc(Cl)cc2)s1. The van der Waals surface area contributed by atoms with E-state index >= 15 is 0 Å². The number of nitrogens with zero attached hydrogens (tertiary/aromatic N) is 4. The highest BCUT2D eigenvalue weighted by Crippen LogP contribution is 2.30. The minimum absolute atomic E-state index is 0.206. The molecule has 1 N–H and O–H groups in total. The molecule has 7 heteroatoms. The van der Waals surface area contributed by atoms with Gasteiger partial charge in [0.1, 0.15) is 10.8 Å². The molecule has 0 bridgehead atoms. The number of benzene rings is 2. The fourth-order valence-corrected chi connectivity index (χ4v) is 2.61. The highest BCUT2D eigenvalue weighted by atomic mass is 35.5. The maximum Gasteiger partial charge on any atom is 0.252 e. The van der Waals surface area contributed by atoms with Gasteiger partial charge in [-0.3, -0.25) is 0 Å². The van der Waals surface area contributed by atoms with Crippen LogP contribution in [0, 0.1) is 6.92 Å². The largest absolute Gasteiger partial charge is 0.508 e. The van der Waals surface area contributed by atoms with Crippen LogP contribution in [0.2, 0.25) is 5.02 Å². The predicted molar refractivity (Wildman–Crippen MR) is 87.4 cm³/mol. The van der Waals surface area contributed by atoms with Crippen molar-refractivity contribution in [2.75, 3.05) is 0 Å². The fraction of sp³-hybridized carbons (Fsp3) is 0.0667. The molecule has 22 heavy (non-hydrogen) atoms. The van der Waals surface area contributed by atoms with Crippen molar-refractivity contribution < 1.29 is 5.11 Å². The van der Waals surface area contributed by atoms with Crippen molar-refractivity contribution in [3.63, 3.8) is 0 Å². The Bertz CT molecular complexity index is 830. The number of aryl methyl sites for hydroxylation is 1. The summed E-state index contributed by atoms with van der Waals surface area (Å²) in [6.07, 6.45) is 0. The summed E-state index contributed by atoms with van der Waals surface area (Å²) in [7, 11) is 0. The molecule has 0 aliphatic carbocycles. The molecule has 0 saturated carbocycles. The number of aromatic nitrogens is 2. The third-order valence-corrected chi connectivity index (χ3v) is 4.04. The topological polar surface area (TPSA) is 70.7 Å². The smallest absolute Gasteiger partial charge is 0.252 e. The minimum Gasteiger partial charge on any atom is -0.508 e. The fourth-order valence-electron chi connectivity index (χ4n) is 1.81. The van der Waals surface area contributed by atoms with Crippen molar-refractivity contribution in [1.29, 1.82) is 0 Å². The normalized spacial score (nSPS) is 11.2. The van der Waals surface area contributed by atoms with Gasteiger partial charge < -0.3 is 5.11 Å². The van der Waals surface area contributed by atoms with Gasteiger partial charge in [0.15, 0.2) is 0 Å². The zero-order valence-electron chi connectivity index (χ0n) is 11.6. The number of aromatic hydroxyl groups is 1. The first-order valence-electron chi connectivity index (χ1n) is 6.42. The molecular formula is C15H11ClN4OS. The summed E-state index contributed by atoms with van der Waals surface area (Å²) in [5.74, 6) is 0.206. The molecule has 2 aromatic carbocycles. The molecule has 0 saturated heterocycles. The van der Waals surface area contributed by atoms with Crippen molar-refractivity contribution in [2.45, 2.75) is 6.92 Å². The number of azo groups is 1. The van der Waals surface area contributed by atoms with E-state index in [0.29, 0.717) is 15.8 Å². The van der Waals surface area contributed by atoms with Crippen LogP contribution in [-0.2, 0) is 0 Å². The molecule has 5 nitrogen and oxygen atoms in total. The maximum absolute atomic E-state index is 9.37. The first kappa shape index (κ1) is 14.6. The van der Waals surface area contributed by atoms with E-state index in [0.717, 1.165) is 16.1 Å². The van der Waals surface area contributed by atoms with E-state index in [9.17, 15) is 5.11 Å². The minimum atomic E-state index is 0.206. The van der Waals surface area contributed by atoms with E-state index in [1.807, 2.05) is 19.1 Å². The van der Waals surface area contributed by atoms with Crippen molar-refractivity contribution >= 4 is 33.8 Å². The summed E-state index contributed by atoms with van der Waals surface area (Å²) < 4.78 is 0. The Kier molecular flexibility index (Phi) is 4.13. The Morgan fingerprint density at radius 2 is 1.82 bits per heavy atom. The number of hydrogen-bond donors (Lipinski definition) is 1. The number of rotatable bonds is 3. The van der Waals surface area contributed by atoms with E-state index in [4.69, 9.17) is 11.6 Å². The molecule has 3 rings (SSSR count). The molecule has 0 aliphatic heterocycles. The number of phenolic OH excluding ortho intramolecular Hbond substituents is 1. The second kappa shape index (κ2) is 6.21. The van der Waals surface area contributed by atoms with Gasteiger partial charge in [-0.05, 0) is 42.8 Å². The van der Waals surface area contributed by atoms with E-state index in [1.54, 1.807) is 30.3 Å². The molecule has 1 heterocycles. The number of phenols is 1. The van der Waals surface area contributed by atoms with Gasteiger partial charge in [0, 0.05) is 10.6 Å². The van der Waals surface area contributed by atoms with Crippen LogP contribution in [0.25, 0.3) is 10.6 Å². The highest BCUT2D eigenvalue weighted by Gasteiger charge is 2.06. The van der Waals surface area contributed by atoms with Gasteiger partial charge in [0.2, 0.25) is 0 Å². The van der Waals surface area contributed by atoms with Crippen LogP contribution in [0.15, 0.2) is 52.7 Å². The summed E-state index contributed by atoms with van der Waals surface area (Å²) in [6.45, 7) is 1.85. The van der Waals surface area contributed by atoms with Crippen LogP contribution in [0.1, 0.15) is 5.56 Å². The third kappa shape index (κ3) is 3.29. The molecule has 0 amide bonds. The van der Waals surface area contributed by atoms with Crippen LogP contribution in [0.3, 0.4) is 0 Å². The summed E-state index contributed by atoms with van der Waals surface area (Å²) in [5.41, 5.74) is 2.45. The Labute approximate surface area is 136 Å². The van der Waals surface area contributed by atoms with Crippen LogP contribution in [0.5, 0.6) is 5.75 Å². The Hall–Kier alpha value is -2.31. The number of halogens is 1. The second-order valence-electron chi connectivity index (χ2n) is 4.57. The lowest BCUT2D eigenvalue weighted by Gasteiger charge is -1.98. The van der Waals surface area contributed by atoms with Gasteiger partial charge in [0.25, 0.3) is 5.13 Å². The Morgan fingerprint density at radius 3 is 2.55 bits per heavy atom. The maximum atomic E-state index is 9.37. The van der Waals surface area contributed by atoms with E-state index in [-0.39, 0.29) is 5.75 Å². The molecule has 0 unspecified atom stereocenters. The van der Waals surface area contributed by atoms with Gasteiger partial charge in [-0.1, -0.05) is 35.1 Å². The Balaban J connectivity index is 1.82. The first-order chi connectivity index (χ1) is 10.6. The molecular weight excluding hydrogens is 320 g/mol. The summed E-state index contributed by atoms with van der Waals surface area (Å²) in [4.78, 5) is 0. The Morgan fingerprint density at radius 1 is 1.05 bits per heavy atom. The average Bonchev–Trinajstić information content (AvgIpc) is 2.96. The van der Waals surface area contributed by atoms with Crippen molar-refractivity contribution in [3.05, 3.63) is 53.1 Å². The van der Waals surface area contributed by atoms with E-state index in [2.05, 4.69) is 20.4 Å². The van der Waals surface area contributed by atoms with Gasteiger partial charge in [-0.15, -0.1) is 20.4 Å². The molecule has 3 aromatic rings. The molecule has 0 radical (unpaired) electrons. The van der Waals surface area contributed by atoms with E-state index < -0.39 is 0 Å². The standard InChI is InChI=1S/C15H11ClN4OS/c1-9-8-12(21)6-7-13(9)17-19-15-20-18-14(22-15)10-2-4-11(16)5-3-10/h2-8,21H,1H3. The van der Waals surface area contributed by atoms with Crippen LogP contribution in [-0.4, -0.2) is 15.3 Å². The molecule has 0 aliphatic rings. The predicted octanol–water partition coefficient (Wildman–Crippen LogP) is 5.29. The lowest BCUT2D eigenvalue weighted by molar-refractivity contribution is 0.475. The van der Waals surface area contributed by atoms with Gasteiger partial charge in [-0.25, -0.2) is 0 Å². The quantitative estimate of drug-likeness (QED) is 0.663. The van der Waals surface area contributed by atoms with Crippen LogP contribution < -0.4 is 0 Å². The third-order valence-electron chi connectivity index (χ3n) is 2.93. The second-order valence-corrected chi connectivity index (χ2v) is 5.96. The lowest BCUT2D eigenvalue weighted by atomic mass is 10.2. The van der Waals surface area contributed by atoms with Crippen molar-refractivity contribution in [2.24, 2.45) is 10.2 Å². The first-order valence-corrected chi connectivity index (χ1v) is 7.62. The van der Waals surface area contributed by atoms with Crippen LogP contribution in [0.4, 0.5) is 10.8 Å². The summed E-state index contributed by atoms with van der Waals surface area (Å²) >= 11 is 7.21. The molecule has 0 atom stereocenters. The van der Waals surface area contributed by atoms with Crippen molar-refractivity contribution in [3.8, 4) is 16.3 Å². The molecule has 0 spiro atoms. The van der Waals surface area contributed by atoms with Gasteiger partial charge in [0.05, 0.1) is 5.69 Å². The highest BCUT2D eigenvalue weighted by molar-refractivity contribution is 7.18. The van der Waals surface area contributed by atoms with E-state index in [1.165, 1.54) is 11.3 Å². The lowest BCUT2D eigenvalue weighted by Crippen LogP contribution is -1.75. The van der Waals surface area contributed by atoms with Crippen LogP contribution >= 0.6 is 22.9 Å². The monoisotopic (exact) mass is 330 g/mol. The van der Waals surface area contributed by atoms with Crippen molar-refractivity contribution in [1.82, 2.24) is 10.2 Å².